The van der Waals surface area contributed by atoms with Gasteiger partial charge in [0.2, 0.25) is 0 Å². The number of hydrogen-bond acceptors (Lipinski definition) is 2. The summed E-state index contributed by atoms with van der Waals surface area (Å²) < 4.78 is 5.39. The summed E-state index contributed by atoms with van der Waals surface area (Å²) in [5, 5.41) is 8.49. The number of aliphatic carboxylic acids is 1. The molecule has 0 aromatic heterocycles. The zero-order chi connectivity index (χ0) is 17.4. The molecule has 0 saturated heterocycles. The second-order valence-corrected chi connectivity index (χ2v) is 5.39. The van der Waals surface area contributed by atoms with Crippen LogP contribution >= 0.6 is 0 Å². The summed E-state index contributed by atoms with van der Waals surface area (Å²) in [5.74, 6) is -0.0337. The van der Waals surface area contributed by atoms with Crippen molar-refractivity contribution in [2.75, 3.05) is 7.11 Å². The SMILES string of the molecule is COc1cc(C)c(C=CC(C)=CC=CC=CC(=O)O)c(C)c1C. The van der Waals surface area contributed by atoms with Crippen molar-refractivity contribution in [2.24, 2.45) is 0 Å². The van der Waals surface area contributed by atoms with Crippen LogP contribution in [0.3, 0.4) is 0 Å². The summed E-state index contributed by atoms with van der Waals surface area (Å²) in [4.78, 5) is 10.3. The number of ether oxygens (including phenoxy) is 1. The molecule has 122 valence electrons. The Bertz CT molecular complexity index is 689. The van der Waals surface area contributed by atoms with Gasteiger partial charge in [0.25, 0.3) is 0 Å². The fourth-order valence-electron chi connectivity index (χ4n) is 2.21. The van der Waals surface area contributed by atoms with Crippen LogP contribution in [0.5, 0.6) is 5.75 Å². The highest BCUT2D eigenvalue weighted by molar-refractivity contribution is 5.80. The summed E-state index contributed by atoms with van der Waals surface area (Å²) in [7, 11) is 1.69. The monoisotopic (exact) mass is 312 g/mol. The second kappa shape index (κ2) is 8.79. The predicted octanol–water partition coefficient (Wildman–Crippen LogP) is 4.78. The number of benzene rings is 1. The molecule has 1 aromatic rings. The van der Waals surface area contributed by atoms with E-state index < -0.39 is 5.97 Å². The quantitative estimate of drug-likeness (QED) is 0.607. The molecule has 3 heteroatoms. The lowest BCUT2D eigenvalue weighted by Gasteiger charge is -2.13. The molecular formula is C20H24O3. The van der Waals surface area contributed by atoms with Crippen molar-refractivity contribution in [1.29, 1.82) is 0 Å². The maximum absolute atomic E-state index is 10.3. The van der Waals surface area contributed by atoms with Gasteiger partial charge >= 0.3 is 5.97 Å². The third-order valence-electron chi connectivity index (χ3n) is 3.66. The van der Waals surface area contributed by atoms with E-state index in [1.165, 1.54) is 22.8 Å². The Labute approximate surface area is 138 Å². The maximum Gasteiger partial charge on any atom is 0.328 e. The molecule has 1 N–H and O–H groups in total. The molecule has 0 fully saturated rings. The first-order chi connectivity index (χ1) is 10.9. The van der Waals surface area contributed by atoms with Crippen LogP contribution in [0.4, 0.5) is 0 Å². The average Bonchev–Trinajstić information content (AvgIpc) is 2.50. The van der Waals surface area contributed by atoms with Crippen LogP contribution in [0.15, 0.2) is 48.1 Å². The molecule has 0 radical (unpaired) electrons. The molecule has 0 spiro atoms. The highest BCUT2D eigenvalue weighted by Crippen LogP contribution is 2.28. The number of carboxylic acids is 1. The number of carbonyl (C=O) groups is 1. The van der Waals surface area contributed by atoms with Gasteiger partial charge in [0.05, 0.1) is 7.11 Å². The average molecular weight is 312 g/mol. The third-order valence-corrected chi connectivity index (χ3v) is 3.66. The van der Waals surface area contributed by atoms with Gasteiger partial charge in [0, 0.05) is 6.08 Å². The Morgan fingerprint density at radius 3 is 2.39 bits per heavy atom. The summed E-state index contributed by atoms with van der Waals surface area (Å²) >= 11 is 0. The predicted molar refractivity (Wildman–Crippen MR) is 95.9 cm³/mol. The molecule has 0 heterocycles. The summed E-state index contributed by atoms with van der Waals surface area (Å²) in [6.45, 7) is 8.23. The molecule has 0 unspecified atom stereocenters. The van der Waals surface area contributed by atoms with Crippen LogP contribution in [0.25, 0.3) is 6.08 Å². The van der Waals surface area contributed by atoms with Gasteiger partial charge in [-0.2, -0.15) is 0 Å². The van der Waals surface area contributed by atoms with Crippen molar-refractivity contribution in [2.45, 2.75) is 27.7 Å². The summed E-state index contributed by atoms with van der Waals surface area (Å²) in [5.41, 5.74) is 5.82. The van der Waals surface area contributed by atoms with Crippen molar-refractivity contribution >= 4 is 12.0 Å². The van der Waals surface area contributed by atoms with Gasteiger partial charge in [-0.05, 0) is 56.0 Å². The van der Waals surface area contributed by atoms with Crippen molar-refractivity contribution in [1.82, 2.24) is 0 Å². The highest BCUT2D eigenvalue weighted by atomic mass is 16.5. The first-order valence-corrected chi connectivity index (χ1v) is 7.44. The molecule has 0 amide bonds. The van der Waals surface area contributed by atoms with Crippen LogP contribution in [0, 0.1) is 20.8 Å². The van der Waals surface area contributed by atoms with E-state index in [2.05, 4.69) is 32.9 Å². The van der Waals surface area contributed by atoms with Gasteiger partial charge < -0.3 is 9.84 Å². The molecule has 0 aliphatic carbocycles. The Morgan fingerprint density at radius 2 is 1.78 bits per heavy atom. The van der Waals surface area contributed by atoms with Crippen molar-refractivity contribution in [3.05, 3.63) is 70.3 Å². The minimum Gasteiger partial charge on any atom is -0.496 e. The van der Waals surface area contributed by atoms with E-state index in [1.807, 2.05) is 25.2 Å². The number of rotatable bonds is 6. The lowest BCUT2D eigenvalue weighted by molar-refractivity contribution is -0.131. The Balaban J connectivity index is 2.93. The Hall–Kier alpha value is -2.55. The van der Waals surface area contributed by atoms with Gasteiger partial charge in [0.15, 0.2) is 0 Å². The van der Waals surface area contributed by atoms with Gasteiger partial charge in [-0.15, -0.1) is 0 Å². The standard InChI is InChI=1S/C20H24O3/c1-14(9-7-6-8-10-20(21)22)11-12-18-15(2)13-19(23-5)17(4)16(18)3/h6-13H,1-5H3,(H,21,22). The van der Waals surface area contributed by atoms with Crippen molar-refractivity contribution in [3.8, 4) is 5.75 Å². The highest BCUT2D eigenvalue weighted by Gasteiger charge is 2.08. The largest absolute Gasteiger partial charge is 0.496 e. The number of aryl methyl sites for hydroxylation is 1. The van der Waals surface area contributed by atoms with Crippen LogP contribution < -0.4 is 4.74 Å². The van der Waals surface area contributed by atoms with Crippen LogP contribution in [-0.2, 0) is 4.79 Å². The summed E-state index contributed by atoms with van der Waals surface area (Å²) in [6.07, 6.45) is 12.2. The van der Waals surface area contributed by atoms with E-state index in [4.69, 9.17) is 9.84 Å². The summed E-state index contributed by atoms with van der Waals surface area (Å²) in [6, 6.07) is 2.05. The van der Waals surface area contributed by atoms with E-state index in [0.717, 1.165) is 23.0 Å². The molecule has 0 aliphatic rings. The second-order valence-electron chi connectivity index (χ2n) is 5.39. The van der Waals surface area contributed by atoms with Crippen LogP contribution in [0.1, 0.15) is 29.2 Å². The normalized spacial score (nSPS) is 12.7. The number of hydrogen-bond donors (Lipinski definition) is 1. The fraction of sp³-hybridized carbons (Fsp3) is 0.250. The Morgan fingerprint density at radius 1 is 1.09 bits per heavy atom. The van der Waals surface area contributed by atoms with E-state index >= 15 is 0 Å². The molecule has 1 rings (SSSR count). The van der Waals surface area contributed by atoms with E-state index in [-0.39, 0.29) is 0 Å². The first kappa shape index (κ1) is 18.5. The van der Waals surface area contributed by atoms with Crippen molar-refractivity contribution < 1.29 is 14.6 Å². The Kier molecular flexibility index (Phi) is 7.07. The first-order valence-electron chi connectivity index (χ1n) is 7.44. The molecule has 0 saturated carbocycles. The smallest absolute Gasteiger partial charge is 0.328 e. The lowest BCUT2D eigenvalue weighted by Crippen LogP contribution is -1.95. The number of methoxy groups -OCH3 is 1. The van der Waals surface area contributed by atoms with Gasteiger partial charge in [-0.3, -0.25) is 0 Å². The number of carboxylic acid groups (broad SMARTS) is 1. The van der Waals surface area contributed by atoms with Crippen LogP contribution in [-0.4, -0.2) is 18.2 Å². The van der Waals surface area contributed by atoms with E-state index in [0.29, 0.717) is 0 Å². The maximum atomic E-state index is 10.3. The fourth-order valence-corrected chi connectivity index (χ4v) is 2.21. The van der Waals surface area contributed by atoms with Crippen LogP contribution in [0.2, 0.25) is 0 Å². The van der Waals surface area contributed by atoms with E-state index in [1.54, 1.807) is 13.2 Å². The molecular weight excluding hydrogens is 288 g/mol. The number of allylic oxidation sites excluding steroid dienone is 6. The van der Waals surface area contributed by atoms with Crippen molar-refractivity contribution in [3.63, 3.8) is 0 Å². The minimum absolute atomic E-state index is 0.914. The third kappa shape index (κ3) is 5.62. The minimum atomic E-state index is -0.948. The zero-order valence-electron chi connectivity index (χ0n) is 14.4. The lowest BCUT2D eigenvalue weighted by atomic mass is 9.96. The molecule has 23 heavy (non-hydrogen) atoms. The van der Waals surface area contributed by atoms with E-state index in [9.17, 15) is 4.79 Å². The van der Waals surface area contributed by atoms with Gasteiger partial charge in [-0.1, -0.05) is 42.0 Å². The molecule has 3 nitrogen and oxygen atoms in total. The molecule has 1 aromatic carbocycles. The zero-order valence-corrected chi connectivity index (χ0v) is 14.4. The molecule has 0 aliphatic heterocycles. The topological polar surface area (TPSA) is 46.5 Å². The van der Waals surface area contributed by atoms with Gasteiger partial charge in [0.1, 0.15) is 5.75 Å². The molecule has 0 atom stereocenters. The molecule has 0 bridgehead atoms. The van der Waals surface area contributed by atoms with Gasteiger partial charge in [-0.25, -0.2) is 4.79 Å².